The lowest BCUT2D eigenvalue weighted by Crippen LogP contribution is -2.57. The number of rotatable bonds is 10. The van der Waals surface area contributed by atoms with E-state index in [0.29, 0.717) is 12.2 Å². The lowest BCUT2D eigenvalue weighted by Gasteiger charge is -2.37. The Hall–Kier alpha value is -3.71. The van der Waals surface area contributed by atoms with Gasteiger partial charge in [-0.25, -0.2) is 17.6 Å². The molecule has 13 heteroatoms. The average molecular weight is 551 g/mol. The Balaban J connectivity index is 1.73. The minimum absolute atomic E-state index is 0.00273. The standard InChI is InChI=1S/C25H31FN4O7S/c1-36-20-8-10-21(11-9-20)38(34,35)30-14-12-19(29-25(33)28-18-6-3-5-17(26)15-18)16-22(30)24(32)27-13-4-7-23(31)37-2/h3,5-6,8-11,15,19,22H,4,7,12-14,16H2,1-2H3,(H,27,32)(H2,28,29,33)/t19-,22-/m0/s1. The summed E-state index contributed by atoms with van der Waals surface area (Å²) in [6.45, 7) is 0.110. The molecule has 0 bridgehead atoms. The Bertz CT molecular complexity index is 1240. The molecule has 2 aromatic rings. The molecule has 1 aliphatic heterocycles. The van der Waals surface area contributed by atoms with Crippen LogP contribution in [0.4, 0.5) is 14.9 Å². The van der Waals surface area contributed by atoms with Crippen LogP contribution in [0.5, 0.6) is 5.75 Å². The number of piperidine rings is 1. The smallest absolute Gasteiger partial charge is 0.319 e. The van der Waals surface area contributed by atoms with Gasteiger partial charge in [0.1, 0.15) is 17.6 Å². The van der Waals surface area contributed by atoms with Gasteiger partial charge >= 0.3 is 12.0 Å². The maximum Gasteiger partial charge on any atom is 0.319 e. The predicted molar refractivity (Wildman–Crippen MR) is 137 cm³/mol. The van der Waals surface area contributed by atoms with E-state index in [1.807, 2.05) is 0 Å². The molecule has 0 aliphatic carbocycles. The van der Waals surface area contributed by atoms with Crippen LogP contribution in [0.1, 0.15) is 25.7 Å². The van der Waals surface area contributed by atoms with E-state index in [1.54, 1.807) is 0 Å². The predicted octanol–water partition coefficient (Wildman–Crippen LogP) is 2.25. The Labute approximate surface area is 220 Å². The fourth-order valence-corrected chi connectivity index (χ4v) is 5.68. The molecule has 1 saturated heterocycles. The third-order valence-corrected chi connectivity index (χ3v) is 7.95. The number of urea groups is 1. The highest BCUT2D eigenvalue weighted by molar-refractivity contribution is 7.89. The fraction of sp³-hybridized carbons (Fsp3) is 0.400. The number of hydrogen-bond acceptors (Lipinski definition) is 7. The summed E-state index contributed by atoms with van der Waals surface area (Å²) in [5.74, 6) is -1.00. The second-order valence-corrected chi connectivity index (χ2v) is 10.5. The van der Waals surface area contributed by atoms with Crippen LogP contribution in [0, 0.1) is 5.82 Å². The van der Waals surface area contributed by atoms with Gasteiger partial charge in [-0.3, -0.25) is 9.59 Å². The van der Waals surface area contributed by atoms with E-state index in [2.05, 4.69) is 20.7 Å². The van der Waals surface area contributed by atoms with Crippen molar-refractivity contribution in [2.45, 2.75) is 42.7 Å². The van der Waals surface area contributed by atoms with Gasteiger partial charge in [0.2, 0.25) is 15.9 Å². The van der Waals surface area contributed by atoms with Crippen LogP contribution in [0.2, 0.25) is 0 Å². The third-order valence-electron chi connectivity index (χ3n) is 6.02. The Morgan fingerprint density at radius 3 is 2.50 bits per heavy atom. The molecule has 0 unspecified atom stereocenters. The average Bonchev–Trinajstić information content (AvgIpc) is 2.90. The maximum atomic E-state index is 13.5. The number of carbonyl (C=O) groups is 3. The number of methoxy groups -OCH3 is 2. The van der Waals surface area contributed by atoms with Crippen molar-refractivity contribution in [3.63, 3.8) is 0 Å². The highest BCUT2D eigenvalue weighted by Gasteiger charge is 2.41. The number of carbonyl (C=O) groups excluding carboxylic acids is 3. The van der Waals surface area contributed by atoms with E-state index in [0.717, 1.165) is 10.4 Å². The molecule has 0 aromatic heterocycles. The zero-order valence-electron chi connectivity index (χ0n) is 21.1. The summed E-state index contributed by atoms with van der Waals surface area (Å²) in [5, 5.41) is 7.95. The van der Waals surface area contributed by atoms with Gasteiger partial charge in [-0.1, -0.05) is 6.07 Å². The molecular formula is C25H31FN4O7S. The lowest BCUT2D eigenvalue weighted by atomic mass is 9.98. The minimum atomic E-state index is -4.06. The number of anilines is 1. The van der Waals surface area contributed by atoms with Crippen molar-refractivity contribution in [1.82, 2.24) is 14.9 Å². The van der Waals surface area contributed by atoms with Gasteiger partial charge < -0.3 is 25.4 Å². The minimum Gasteiger partial charge on any atom is -0.497 e. The van der Waals surface area contributed by atoms with E-state index in [-0.39, 0.29) is 42.9 Å². The number of hydrogen-bond donors (Lipinski definition) is 3. The lowest BCUT2D eigenvalue weighted by molar-refractivity contribution is -0.140. The van der Waals surface area contributed by atoms with Gasteiger partial charge in [0, 0.05) is 31.2 Å². The molecule has 0 radical (unpaired) electrons. The van der Waals surface area contributed by atoms with E-state index < -0.39 is 45.8 Å². The Kier molecular flexibility index (Phi) is 10.0. The molecule has 3 N–H and O–H groups in total. The molecular weight excluding hydrogens is 519 g/mol. The summed E-state index contributed by atoms with van der Waals surface area (Å²) in [6.07, 6.45) is 0.667. The van der Waals surface area contributed by atoms with Gasteiger partial charge in [0.25, 0.3) is 0 Å². The van der Waals surface area contributed by atoms with Gasteiger partial charge in [0.15, 0.2) is 0 Å². The molecule has 2 atom stereocenters. The van der Waals surface area contributed by atoms with Gasteiger partial charge in [-0.05, 0) is 61.7 Å². The first-order valence-corrected chi connectivity index (χ1v) is 13.4. The monoisotopic (exact) mass is 550 g/mol. The van der Waals surface area contributed by atoms with E-state index in [4.69, 9.17) is 4.74 Å². The van der Waals surface area contributed by atoms with Crippen molar-refractivity contribution in [3.8, 4) is 5.75 Å². The molecule has 3 rings (SSSR count). The van der Waals surface area contributed by atoms with Crippen molar-refractivity contribution >= 4 is 33.6 Å². The first-order chi connectivity index (χ1) is 18.1. The number of esters is 1. The van der Waals surface area contributed by atoms with Crippen molar-refractivity contribution in [3.05, 3.63) is 54.3 Å². The molecule has 0 spiro atoms. The van der Waals surface area contributed by atoms with Crippen LogP contribution in [-0.4, -0.2) is 70.0 Å². The maximum absolute atomic E-state index is 13.5. The molecule has 0 saturated carbocycles. The molecule has 11 nitrogen and oxygen atoms in total. The molecule has 1 aliphatic rings. The summed E-state index contributed by atoms with van der Waals surface area (Å²) in [7, 11) is -1.33. The molecule has 3 amide bonds. The third kappa shape index (κ3) is 7.65. The van der Waals surface area contributed by atoms with Crippen molar-refractivity contribution in [2.24, 2.45) is 0 Å². The largest absolute Gasteiger partial charge is 0.497 e. The zero-order chi connectivity index (χ0) is 27.7. The number of sulfonamides is 1. The highest BCUT2D eigenvalue weighted by Crippen LogP contribution is 2.27. The topological polar surface area (TPSA) is 143 Å². The first-order valence-electron chi connectivity index (χ1n) is 12.0. The van der Waals surface area contributed by atoms with Gasteiger partial charge in [-0.15, -0.1) is 0 Å². The van der Waals surface area contributed by atoms with Crippen LogP contribution < -0.4 is 20.7 Å². The quantitative estimate of drug-likeness (QED) is 0.304. The van der Waals surface area contributed by atoms with Crippen LogP contribution in [0.25, 0.3) is 0 Å². The molecule has 206 valence electrons. The fourth-order valence-electron chi connectivity index (χ4n) is 4.07. The summed E-state index contributed by atoms with van der Waals surface area (Å²) >= 11 is 0. The van der Waals surface area contributed by atoms with Crippen molar-refractivity contribution in [1.29, 1.82) is 0 Å². The van der Waals surface area contributed by atoms with E-state index in [9.17, 15) is 27.2 Å². The SMILES string of the molecule is COC(=O)CCCNC(=O)[C@@H]1C[C@@H](NC(=O)Nc2cccc(F)c2)CCN1S(=O)(=O)c1ccc(OC)cc1. The summed E-state index contributed by atoms with van der Waals surface area (Å²) in [5.41, 5.74) is 0.252. The molecule has 2 aromatic carbocycles. The van der Waals surface area contributed by atoms with Gasteiger partial charge in [-0.2, -0.15) is 4.31 Å². The second-order valence-electron chi connectivity index (χ2n) is 8.61. The first kappa shape index (κ1) is 28.9. The number of ether oxygens (including phenoxy) is 2. The molecule has 1 heterocycles. The summed E-state index contributed by atoms with van der Waals surface area (Å²) < 4.78 is 51.2. The van der Waals surface area contributed by atoms with Crippen molar-refractivity contribution < 1.29 is 36.7 Å². The number of amides is 3. The van der Waals surface area contributed by atoms with Crippen molar-refractivity contribution in [2.75, 3.05) is 32.6 Å². The van der Waals surface area contributed by atoms with Gasteiger partial charge in [0.05, 0.1) is 19.1 Å². The van der Waals surface area contributed by atoms with Crippen LogP contribution in [-0.2, 0) is 24.3 Å². The second kappa shape index (κ2) is 13.2. The zero-order valence-corrected chi connectivity index (χ0v) is 21.9. The number of benzene rings is 2. The highest BCUT2D eigenvalue weighted by atomic mass is 32.2. The van der Waals surface area contributed by atoms with E-state index >= 15 is 0 Å². The summed E-state index contributed by atoms with van der Waals surface area (Å²) in [6, 6.07) is 8.96. The molecule has 1 fully saturated rings. The number of halogens is 1. The van der Waals surface area contributed by atoms with Crippen LogP contribution in [0.15, 0.2) is 53.4 Å². The normalized spacial score (nSPS) is 17.8. The Morgan fingerprint density at radius 1 is 1.11 bits per heavy atom. The Morgan fingerprint density at radius 2 is 1.84 bits per heavy atom. The van der Waals surface area contributed by atoms with E-state index in [1.165, 1.54) is 56.7 Å². The number of nitrogens with zero attached hydrogens (tertiary/aromatic N) is 1. The summed E-state index contributed by atoms with van der Waals surface area (Å²) in [4.78, 5) is 37.0. The molecule has 38 heavy (non-hydrogen) atoms. The number of nitrogens with one attached hydrogen (secondary N) is 3. The van der Waals surface area contributed by atoms with Crippen LogP contribution in [0.3, 0.4) is 0 Å². The van der Waals surface area contributed by atoms with Crippen LogP contribution >= 0.6 is 0 Å².